The predicted octanol–water partition coefficient (Wildman–Crippen LogP) is 4.01. The molecule has 0 radical (unpaired) electrons. The quantitative estimate of drug-likeness (QED) is 0.136. The maximum absolute atomic E-state index is 13.7. The number of rotatable bonds is 13. The molecule has 2 atom stereocenters. The van der Waals surface area contributed by atoms with Gasteiger partial charge in [0.15, 0.2) is 12.4 Å². The number of nitrogens with one attached hydrogen (secondary N) is 2. The van der Waals surface area contributed by atoms with Crippen molar-refractivity contribution in [3.63, 3.8) is 0 Å². The third-order valence-corrected chi connectivity index (χ3v) is 7.51. The Morgan fingerprint density at radius 2 is 1.49 bits per heavy atom. The first-order valence-corrected chi connectivity index (χ1v) is 15.2. The Morgan fingerprint density at radius 1 is 0.860 bits per heavy atom. The third-order valence-electron chi connectivity index (χ3n) is 6.59. The van der Waals surface area contributed by atoms with Crippen LogP contribution in [0.4, 0.5) is 0 Å². The van der Waals surface area contributed by atoms with E-state index in [1.54, 1.807) is 18.2 Å². The van der Waals surface area contributed by atoms with Gasteiger partial charge in [0, 0.05) is 24.6 Å². The van der Waals surface area contributed by atoms with Crippen LogP contribution in [0.25, 0.3) is 0 Å². The highest BCUT2D eigenvalue weighted by molar-refractivity contribution is 7.90. The number of carbonyl (C=O) groups is 2. The lowest BCUT2D eigenvalue weighted by atomic mass is 10.0. The van der Waals surface area contributed by atoms with Gasteiger partial charge < -0.3 is 20.0 Å². The Bertz CT molecular complexity index is 1630. The number of nitrogens with zero attached hydrogens (tertiary/aromatic N) is 1. The Kier molecular flexibility index (Phi) is 10.7. The van der Waals surface area contributed by atoms with E-state index in [0.29, 0.717) is 17.6 Å². The molecule has 4 rings (SSSR count). The number of carbonyl (C=O) groups excluding carboxylic acids is 2. The average molecular weight is 600 g/mol. The van der Waals surface area contributed by atoms with Crippen LogP contribution in [0, 0.1) is 12.1 Å². The zero-order valence-corrected chi connectivity index (χ0v) is 24.4. The highest BCUT2D eigenvalue weighted by atomic mass is 32.2. The van der Waals surface area contributed by atoms with Crippen LogP contribution in [0.3, 0.4) is 0 Å². The van der Waals surface area contributed by atoms with E-state index >= 15 is 0 Å². The number of pyridine rings is 1. The zero-order chi connectivity index (χ0) is 30.7. The van der Waals surface area contributed by atoms with Crippen LogP contribution in [0.15, 0.2) is 121 Å². The standard InChI is InChI=1S/C33H33N3O6S/c1-25-12-14-27(15-13-25)24-31(35-32(37)28-18-21-36(39)22-19-28)33(38)34-29(17-16-26-8-4-2-5-9-26)20-23-43(40,41)42-30-10-6-3-7-11-30/h2-15,18-23,29,31H,16-17,24H2,1H3,(H,34,38)(H,35,37)/b23-20+/t29-,31-/m0/s1. The van der Waals surface area contributed by atoms with Gasteiger partial charge in [-0.05, 0) is 49.1 Å². The van der Waals surface area contributed by atoms with Gasteiger partial charge in [0.05, 0.1) is 11.0 Å². The minimum Gasteiger partial charge on any atom is -0.619 e. The second-order valence-electron chi connectivity index (χ2n) is 10.0. The summed E-state index contributed by atoms with van der Waals surface area (Å²) >= 11 is 0. The summed E-state index contributed by atoms with van der Waals surface area (Å²) in [4.78, 5) is 26.7. The molecule has 0 spiro atoms. The number of amides is 2. The summed E-state index contributed by atoms with van der Waals surface area (Å²) in [5.74, 6) is -0.850. The molecule has 0 aliphatic rings. The van der Waals surface area contributed by atoms with Crippen molar-refractivity contribution in [2.45, 2.75) is 38.3 Å². The van der Waals surface area contributed by atoms with Crippen molar-refractivity contribution in [3.05, 3.63) is 148 Å². The van der Waals surface area contributed by atoms with Gasteiger partial charge in [0.25, 0.3) is 5.91 Å². The van der Waals surface area contributed by atoms with E-state index in [1.807, 2.05) is 61.5 Å². The number of aromatic nitrogens is 1. The van der Waals surface area contributed by atoms with Gasteiger partial charge >= 0.3 is 10.1 Å². The van der Waals surface area contributed by atoms with Crippen LogP contribution >= 0.6 is 0 Å². The molecule has 1 aromatic heterocycles. The molecule has 0 bridgehead atoms. The van der Waals surface area contributed by atoms with E-state index in [0.717, 1.165) is 22.1 Å². The Balaban J connectivity index is 1.55. The summed E-state index contributed by atoms with van der Waals surface area (Å²) in [6.07, 6.45) is 4.92. The van der Waals surface area contributed by atoms with E-state index in [2.05, 4.69) is 10.6 Å². The van der Waals surface area contributed by atoms with Crippen molar-refractivity contribution in [3.8, 4) is 5.75 Å². The number of para-hydroxylation sites is 1. The highest BCUT2D eigenvalue weighted by Crippen LogP contribution is 2.14. The summed E-state index contributed by atoms with van der Waals surface area (Å²) in [7, 11) is -4.11. The molecule has 0 aliphatic heterocycles. The number of hydrogen-bond donors (Lipinski definition) is 2. The molecule has 0 fully saturated rings. The minimum absolute atomic E-state index is 0.168. The van der Waals surface area contributed by atoms with Crippen LogP contribution in [0.5, 0.6) is 5.75 Å². The lowest BCUT2D eigenvalue weighted by Gasteiger charge is -2.22. The van der Waals surface area contributed by atoms with E-state index in [1.165, 1.54) is 42.7 Å². The maximum Gasteiger partial charge on any atom is 0.332 e. The summed E-state index contributed by atoms with van der Waals surface area (Å²) in [6.45, 7) is 1.95. The topological polar surface area (TPSA) is 129 Å². The van der Waals surface area contributed by atoms with Gasteiger partial charge in [-0.3, -0.25) is 9.59 Å². The van der Waals surface area contributed by atoms with Crippen molar-refractivity contribution in [2.75, 3.05) is 0 Å². The predicted molar refractivity (Wildman–Crippen MR) is 163 cm³/mol. The first-order valence-electron chi connectivity index (χ1n) is 13.7. The molecule has 43 heavy (non-hydrogen) atoms. The molecule has 2 N–H and O–H groups in total. The molecule has 2 amide bonds. The molecule has 0 saturated carbocycles. The van der Waals surface area contributed by atoms with E-state index in [-0.39, 0.29) is 17.7 Å². The SMILES string of the molecule is Cc1ccc(C[C@H](NC(=O)c2cc[n+]([O-])cc2)C(=O)N[C@H](/C=C/S(=O)(=O)Oc2ccccc2)CCc2ccccc2)cc1. The molecule has 10 heteroatoms. The maximum atomic E-state index is 13.7. The van der Waals surface area contributed by atoms with E-state index < -0.39 is 34.0 Å². The normalized spacial score (nSPS) is 12.8. The molecule has 0 aliphatic carbocycles. The first-order chi connectivity index (χ1) is 20.7. The van der Waals surface area contributed by atoms with Gasteiger partial charge in [0.2, 0.25) is 5.91 Å². The van der Waals surface area contributed by atoms with Crippen LogP contribution in [0.2, 0.25) is 0 Å². The van der Waals surface area contributed by atoms with E-state index in [4.69, 9.17) is 4.18 Å². The first kappa shape index (κ1) is 31.0. The highest BCUT2D eigenvalue weighted by Gasteiger charge is 2.24. The largest absolute Gasteiger partial charge is 0.619 e. The Labute approximate surface area is 251 Å². The van der Waals surface area contributed by atoms with Gasteiger partial charge in [-0.1, -0.05) is 78.4 Å². The second-order valence-corrected chi connectivity index (χ2v) is 11.4. The van der Waals surface area contributed by atoms with Crippen molar-refractivity contribution in [2.24, 2.45) is 0 Å². The lowest BCUT2D eigenvalue weighted by Crippen LogP contribution is -2.50. The molecular formula is C33H33N3O6S. The minimum atomic E-state index is -4.11. The van der Waals surface area contributed by atoms with Gasteiger partial charge in [-0.2, -0.15) is 13.1 Å². The van der Waals surface area contributed by atoms with Crippen molar-refractivity contribution < 1.29 is 26.9 Å². The number of hydrogen-bond acceptors (Lipinski definition) is 6. The van der Waals surface area contributed by atoms with Crippen LogP contribution in [0.1, 0.15) is 33.5 Å². The Hall–Kier alpha value is -4.96. The smallest absolute Gasteiger partial charge is 0.332 e. The van der Waals surface area contributed by atoms with Gasteiger partial charge in [-0.15, -0.1) is 0 Å². The number of aryl methyl sites for hydroxylation is 2. The summed E-state index contributed by atoms with van der Waals surface area (Å²) in [6, 6.07) is 26.4. The Morgan fingerprint density at radius 3 is 2.14 bits per heavy atom. The summed E-state index contributed by atoms with van der Waals surface area (Å²) in [5.41, 5.74) is 3.11. The van der Waals surface area contributed by atoms with Crippen LogP contribution in [-0.4, -0.2) is 32.3 Å². The molecule has 3 aromatic carbocycles. The fourth-order valence-corrected chi connectivity index (χ4v) is 5.09. The van der Waals surface area contributed by atoms with Crippen molar-refractivity contribution in [1.29, 1.82) is 0 Å². The molecule has 0 saturated heterocycles. The van der Waals surface area contributed by atoms with Crippen LogP contribution in [-0.2, 0) is 27.8 Å². The molecular weight excluding hydrogens is 566 g/mol. The lowest BCUT2D eigenvalue weighted by molar-refractivity contribution is -0.605. The molecule has 9 nitrogen and oxygen atoms in total. The number of benzene rings is 3. The molecule has 222 valence electrons. The zero-order valence-electron chi connectivity index (χ0n) is 23.6. The second kappa shape index (κ2) is 14.8. The van der Waals surface area contributed by atoms with Gasteiger partial charge in [-0.25, -0.2) is 0 Å². The van der Waals surface area contributed by atoms with Gasteiger partial charge in [0.1, 0.15) is 11.8 Å². The molecule has 4 aromatic rings. The fourth-order valence-electron chi connectivity index (χ4n) is 4.27. The molecule has 0 unspecified atom stereocenters. The fraction of sp³-hybridized carbons (Fsp3) is 0.182. The summed E-state index contributed by atoms with van der Waals surface area (Å²) < 4.78 is 31.1. The van der Waals surface area contributed by atoms with E-state index in [9.17, 15) is 23.2 Å². The average Bonchev–Trinajstić information content (AvgIpc) is 3.00. The monoisotopic (exact) mass is 599 g/mol. The van der Waals surface area contributed by atoms with Crippen LogP contribution < -0.4 is 19.5 Å². The van der Waals surface area contributed by atoms with Crippen molar-refractivity contribution >= 4 is 21.9 Å². The third kappa shape index (κ3) is 10.1. The van der Waals surface area contributed by atoms with Crippen molar-refractivity contribution in [1.82, 2.24) is 10.6 Å². The summed E-state index contributed by atoms with van der Waals surface area (Å²) in [5, 5.41) is 18.0. The molecule has 1 heterocycles.